The van der Waals surface area contributed by atoms with E-state index in [2.05, 4.69) is 62.3 Å². The Hall–Kier alpha value is -1.61. The van der Waals surface area contributed by atoms with E-state index < -0.39 is 0 Å². The molecule has 158 valence electrons. The highest BCUT2D eigenvalue weighted by Crippen LogP contribution is 2.39. The molecule has 0 spiro atoms. The second-order valence-electron chi connectivity index (χ2n) is 10.0. The van der Waals surface area contributed by atoms with Crippen molar-refractivity contribution in [1.82, 2.24) is 15.3 Å². The number of nitrogens with one attached hydrogen (secondary N) is 2. The third-order valence-electron chi connectivity index (χ3n) is 7.53. The number of aromatic nitrogens is 2. The van der Waals surface area contributed by atoms with Gasteiger partial charge in [-0.25, -0.2) is 4.98 Å². The van der Waals surface area contributed by atoms with Crippen molar-refractivity contribution >= 4 is 11.0 Å². The van der Waals surface area contributed by atoms with Gasteiger partial charge >= 0.3 is 0 Å². The monoisotopic (exact) mass is 393 g/mol. The highest BCUT2D eigenvalue weighted by molar-refractivity contribution is 5.78. The van der Waals surface area contributed by atoms with E-state index in [1.165, 1.54) is 49.6 Å². The zero-order chi connectivity index (χ0) is 20.4. The Bertz CT molecular complexity index is 841. The van der Waals surface area contributed by atoms with Gasteiger partial charge in [0.25, 0.3) is 0 Å². The van der Waals surface area contributed by atoms with Crippen LogP contribution < -0.4 is 5.32 Å². The van der Waals surface area contributed by atoms with Crippen LogP contribution in [-0.4, -0.2) is 22.6 Å². The molecule has 2 aromatic rings. The average molecular weight is 394 g/mol. The van der Waals surface area contributed by atoms with Crippen LogP contribution in [0.1, 0.15) is 70.7 Å². The van der Waals surface area contributed by atoms with E-state index in [4.69, 9.17) is 4.98 Å². The normalized spacial score (nSPS) is 26.2. The number of nitrogens with zero attached hydrogens (tertiary/aromatic N) is 1. The lowest BCUT2D eigenvalue weighted by Crippen LogP contribution is -2.39. The number of hydrogen-bond donors (Lipinski definition) is 2. The molecule has 4 rings (SSSR count). The van der Waals surface area contributed by atoms with Crippen molar-refractivity contribution in [2.75, 3.05) is 6.54 Å². The standard InChI is InChI=1S/C26H39N3/c1-17(2)23-14-20(15-25-28-24-12-8-9-18(3)26(24)29-25)19(4)13-21(23)16-27-22-10-6-5-7-11-22/h8-9,12-13,17,20-23,27H,5-7,10-11,14-16H2,1-4H3,(H,28,29). The van der Waals surface area contributed by atoms with E-state index in [0.717, 1.165) is 42.2 Å². The summed E-state index contributed by atoms with van der Waals surface area (Å²) in [7, 11) is 0. The Morgan fingerprint density at radius 2 is 1.93 bits per heavy atom. The fraction of sp³-hybridized carbons (Fsp3) is 0.654. The van der Waals surface area contributed by atoms with Crippen molar-refractivity contribution in [3.8, 4) is 0 Å². The van der Waals surface area contributed by atoms with Gasteiger partial charge in [0.2, 0.25) is 0 Å². The smallest absolute Gasteiger partial charge is 0.107 e. The first-order valence-electron chi connectivity index (χ1n) is 11.9. The third kappa shape index (κ3) is 4.77. The van der Waals surface area contributed by atoms with Gasteiger partial charge < -0.3 is 10.3 Å². The number of aryl methyl sites for hydroxylation is 1. The number of benzene rings is 1. The minimum Gasteiger partial charge on any atom is -0.342 e. The third-order valence-corrected chi connectivity index (χ3v) is 7.53. The number of imidazole rings is 1. The van der Waals surface area contributed by atoms with E-state index in [0.29, 0.717) is 11.8 Å². The first-order valence-corrected chi connectivity index (χ1v) is 11.9. The SMILES string of the molecule is CC1=CC(CNC2CCCCC2)C(C(C)C)CC1Cc1nc2c(C)cccc2[nH]1. The number of fused-ring (bicyclic) bond motifs is 1. The Balaban J connectivity index is 1.46. The number of allylic oxidation sites excluding steroid dienone is 1. The highest BCUT2D eigenvalue weighted by Gasteiger charge is 2.32. The molecule has 2 aliphatic carbocycles. The molecule has 2 N–H and O–H groups in total. The lowest BCUT2D eigenvalue weighted by molar-refractivity contribution is 0.213. The molecule has 3 heteroatoms. The zero-order valence-electron chi connectivity index (χ0n) is 18.8. The van der Waals surface area contributed by atoms with Crippen LogP contribution in [-0.2, 0) is 6.42 Å². The molecule has 2 aliphatic rings. The van der Waals surface area contributed by atoms with Crippen LogP contribution in [0.15, 0.2) is 29.8 Å². The molecule has 0 saturated heterocycles. The van der Waals surface area contributed by atoms with Crippen LogP contribution >= 0.6 is 0 Å². The molecule has 1 saturated carbocycles. The van der Waals surface area contributed by atoms with Gasteiger partial charge in [0.05, 0.1) is 11.0 Å². The van der Waals surface area contributed by atoms with Crippen molar-refractivity contribution in [1.29, 1.82) is 0 Å². The largest absolute Gasteiger partial charge is 0.342 e. The molecule has 0 amide bonds. The minimum atomic E-state index is 0.606. The maximum Gasteiger partial charge on any atom is 0.107 e. The summed E-state index contributed by atoms with van der Waals surface area (Å²) in [4.78, 5) is 8.51. The summed E-state index contributed by atoms with van der Waals surface area (Å²) in [6.07, 6.45) is 11.9. The van der Waals surface area contributed by atoms with E-state index in [1.807, 2.05) is 0 Å². The van der Waals surface area contributed by atoms with Crippen LogP contribution in [0.5, 0.6) is 0 Å². The van der Waals surface area contributed by atoms with E-state index >= 15 is 0 Å². The molecule has 1 aromatic carbocycles. The summed E-state index contributed by atoms with van der Waals surface area (Å²) in [5.41, 5.74) is 5.13. The molecule has 3 atom stereocenters. The van der Waals surface area contributed by atoms with E-state index in [-0.39, 0.29) is 0 Å². The van der Waals surface area contributed by atoms with Crippen LogP contribution in [0.2, 0.25) is 0 Å². The fourth-order valence-electron chi connectivity index (χ4n) is 5.67. The summed E-state index contributed by atoms with van der Waals surface area (Å²) in [5, 5.41) is 3.92. The van der Waals surface area contributed by atoms with Gasteiger partial charge in [0.15, 0.2) is 0 Å². The molecule has 1 heterocycles. The molecule has 0 bridgehead atoms. The Morgan fingerprint density at radius 3 is 2.66 bits per heavy atom. The zero-order valence-corrected chi connectivity index (χ0v) is 18.8. The highest BCUT2D eigenvalue weighted by atomic mass is 14.9. The molecule has 1 fully saturated rings. The fourth-order valence-corrected chi connectivity index (χ4v) is 5.67. The van der Waals surface area contributed by atoms with Crippen molar-refractivity contribution in [2.24, 2.45) is 23.7 Å². The van der Waals surface area contributed by atoms with Gasteiger partial charge in [0.1, 0.15) is 5.82 Å². The average Bonchev–Trinajstić information content (AvgIpc) is 3.12. The predicted octanol–water partition coefficient (Wildman–Crippen LogP) is 6.19. The minimum absolute atomic E-state index is 0.606. The molecular formula is C26H39N3. The molecule has 3 nitrogen and oxygen atoms in total. The van der Waals surface area contributed by atoms with Crippen LogP contribution in [0.25, 0.3) is 11.0 Å². The molecule has 0 radical (unpaired) electrons. The number of aromatic amines is 1. The van der Waals surface area contributed by atoms with Gasteiger partial charge in [-0.1, -0.05) is 56.9 Å². The maximum atomic E-state index is 4.93. The maximum absolute atomic E-state index is 4.93. The number of H-pyrrole nitrogens is 1. The second-order valence-corrected chi connectivity index (χ2v) is 10.0. The lowest BCUT2D eigenvalue weighted by atomic mass is 9.69. The van der Waals surface area contributed by atoms with Crippen molar-refractivity contribution < 1.29 is 0 Å². The lowest BCUT2D eigenvalue weighted by Gasteiger charge is -2.38. The number of rotatable bonds is 6. The van der Waals surface area contributed by atoms with Gasteiger partial charge in [-0.15, -0.1) is 0 Å². The summed E-state index contributed by atoms with van der Waals surface area (Å²) in [6, 6.07) is 7.16. The molecule has 29 heavy (non-hydrogen) atoms. The van der Waals surface area contributed by atoms with Crippen molar-refractivity contribution in [2.45, 2.75) is 78.7 Å². The molecule has 0 aliphatic heterocycles. The summed E-state index contributed by atoms with van der Waals surface area (Å²) >= 11 is 0. The molecule has 1 aromatic heterocycles. The first kappa shape index (κ1) is 20.7. The van der Waals surface area contributed by atoms with Gasteiger partial charge in [-0.05, 0) is 68.4 Å². The second kappa shape index (κ2) is 9.04. The topological polar surface area (TPSA) is 40.7 Å². The van der Waals surface area contributed by atoms with Gasteiger partial charge in [0, 0.05) is 19.0 Å². The Morgan fingerprint density at radius 1 is 1.14 bits per heavy atom. The van der Waals surface area contributed by atoms with Crippen LogP contribution in [0.4, 0.5) is 0 Å². The van der Waals surface area contributed by atoms with Crippen molar-refractivity contribution in [3.05, 3.63) is 41.2 Å². The molecular weight excluding hydrogens is 354 g/mol. The Kier molecular flexibility index (Phi) is 6.44. The van der Waals surface area contributed by atoms with Crippen LogP contribution in [0.3, 0.4) is 0 Å². The molecule has 3 unspecified atom stereocenters. The van der Waals surface area contributed by atoms with Crippen molar-refractivity contribution in [3.63, 3.8) is 0 Å². The quantitative estimate of drug-likeness (QED) is 0.574. The van der Waals surface area contributed by atoms with E-state index in [1.54, 1.807) is 5.57 Å². The summed E-state index contributed by atoms with van der Waals surface area (Å²) in [6.45, 7) is 10.5. The summed E-state index contributed by atoms with van der Waals surface area (Å²) in [5.74, 6) is 3.90. The van der Waals surface area contributed by atoms with Crippen LogP contribution in [0, 0.1) is 30.6 Å². The van der Waals surface area contributed by atoms with Gasteiger partial charge in [-0.2, -0.15) is 0 Å². The van der Waals surface area contributed by atoms with Gasteiger partial charge in [-0.3, -0.25) is 0 Å². The predicted molar refractivity (Wildman–Crippen MR) is 123 cm³/mol. The summed E-state index contributed by atoms with van der Waals surface area (Å²) < 4.78 is 0. The first-order chi connectivity index (χ1) is 14.0. The Labute approximate surface area is 176 Å². The van der Waals surface area contributed by atoms with E-state index in [9.17, 15) is 0 Å². The number of para-hydroxylation sites is 1. The number of hydrogen-bond acceptors (Lipinski definition) is 2.